The topological polar surface area (TPSA) is 71.0 Å². The lowest BCUT2D eigenvalue weighted by Crippen LogP contribution is -2.46. The second-order valence-corrected chi connectivity index (χ2v) is 8.45. The van der Waals surface area contributed by atoms with Gasteiger partial charge in [0.1, 0.15) is 23.7 Å². The van der Waals surface area contributed by atoms with E-state index in [0.29, 0.717) is 22.2 Å². The number of halogens is 1. The van der Waals surface area contributed by atoms with Gasteiger partial charge in [-0.25, -0.2) is 0 Å². The molecule has 1 heterocycles. The van der Waals surface area contributed by atoms with Crippen molar-refractivity contribution in [1.82, 2.24) is 4.90 Å². The smallest absolute Gasteiger partial charge is 0.275 e. The molecule has 1 aliphatic heterocycles. The van der Waals surface area contributed by atoms with Gasteiger partial charge in [-0.05, 0) is 50.5 Å². The minimum atomic E-state index is -0.817. The van der Waals surface area contributed by atoms with Crippen LogP contribution in [0.25, 0.3) is 0 Å². The number of anilines is 1. The predicted octanol–water partition coefficient (Wildman–Crippen LogP) is 4.70. The molecule has 2 aromatic carbocycles. The first kappa shape index (κ1) is 22.8. The van der Waals surface area contributed by atoms with Gasteiger partial charge in [0.2, 0.25) is 5.91 Å². The van der Waals surface area contributed by atoms with Crippen LogP contribution in [0.4, 0.5) is 5.69 Å². The molecule has 0 radical (unpaired) electrons. The van der Waals surface area contributed by atoms with Crippen LogP contribution in [0.5, 0.6) is 5.75 Å². The van der Waals surface area contributed by atoms with Gasteiger partial charge in [-0.1, -0.05) is 49.2 Å². The van der Waals surface area contributed by atoms with E-state index in [1.807, 2.05) is 38.1 Å². The van der Waals surface area contributed by atoms with Gasteiger partial charge in [0.05, 0.1) is 12.1 Å². The number of methoxy groups -OCH3 is 1. The van der Waals surface area contributed by atoms with Gasteiger partial charge in [-0.3, -0.25) is 14.6 Å². The molecular weight excluding hydrogens is 414 g/mol. The molecule has 0 fully saturated rings. The molecule has 3 rings (SSSR count). The highest BCUT2D eigenvalue weighted by atomic mass is 35.5. The fourth-order valence-electron chi connectivity index (χ4n) is 3.51. The number of hydrogen-bond acceptors (Lipinski definition) is 4. The highest BCUT2D eigenvalue weighted by Crippen LogP contribution is 2.28. The number of carbonyl (C=O) groups excluding carboxylic acids is 2. The van der Waals surface area contributed by atoms with Crippen molar-refractivity contribution in [1.29, 1.82) is 0 Å². The fourth-order valence-corrected chi connectivity index (χ4v) is 3.77. The van der Waals surface area contributed by atoms with E-state index in [1.165, 1.54) is 17.6 Å². The molecule has 2 aromatic rings. The summed E-state index contributed by atoms with van der Waals surface area (Å²) in [6.45, 7) is 5.70. The van der Waals surface area contributed by atoms with Crippen molar-refractivity contribution < 1.29 is 14.3 Å². The monoisotopic (exact) mass is 441 g/mol. The summed E-state index contributed by atoms with van der Waals surface area (Å²) >= 11 is 6.12. The number of benzene rings is 2. The summed E-state index contributed by atoms with van der Waals surface area (Å²) in [6.07, 6.45) is 3.29. The molecular formula is C24H28ClN3O3. The minimum absolute atomic E-state index is 0.114. The van der Waals surface area contributed by atoms with Crippen molar-refractivity contribution in [2.75, 3.05) is 19.0 Å². The van der Waals surface area contributed by atoms with Gasteiger partial charge in [0.25, 0.3) is 5.91 Å². The molecule has 31 heavy (non-hydrogen) atoms. The number of hydrogen-bond donors (Lipinski definition) is 1. The number of nitrogens with zero attached hydrogens (tertiary/aromatic N) is 2. The number of amides is 2. The summed E-state index contributed by atoms with van der Waals surface area (Å²) < 4.78 is 5.12. The summed E-state index contributed by atoms with van der Waals surface area (Å²) in [5.74, 6) is -0.0579. The van der Waals surface area contributed by atoms with Crippen LogP contribution >= 0.6 is 11.6 Å². The van der Waals surface area contributed by atoms with Crippen LogP contribution in [-0.4, -0.2) is 41.7 Å². The molecule has 7 heteroatoms. The lowest BCUT2D eigenvalue weighted by atomic mass is 10.0. The minimum Gasteiger partial charge on any atom is -0.495 e. The lowest BCUT2D eigenvalue weighted by molar-refractivity contribution is -0.131. The third kappa shape index (κ3) is 5.25. The molecule has 164 valence electrons. The number of aryl methyl sites for hydroxylation is 1. The Labute approximate surface area is 188 Å². The SMILES string of the molecule is CCCCc1ccc(C2=NC(C)(C)N(CC(=O)Nc3ccc(OC)c(Cl)c3)C2=O)cc1. The van der Waals surface area contributed by atoms with Crippen LogP contribution < -0.4 is 10.1 Å². The first-order valence-electron chi connectivity index (χ1n) is 10.4. The van der Waals surface area contributed by atoms with E-state index in [-0.39, 0.29) is 18.4 Å². The summed E-state index contributed by atoms with van der Waals surface area (Å²) in [5, 5.41) is 3.17. The van der Waals surface area contributed by atoms with Crippen LogP contribution in [0.3, 0.4) is 0 Å². The third-order valence-electron chi connectivity index (χ3n) is 5.28. The maximum Gasteiger partial charge on any atom is 0.275 e. The van der Waals surface area contributed by atoms with E-state index in [4.69, 9.17) is 16.3 Å². The van der Waals surface area contributed by atoms with Crippen LogP contribution in [-0.2, 0) is 16.0 Å². The molecule has 0 aromatic heterocycles. The van der Waals surface area contributed by atoms with Crippen molar-refractivity contribution in [2.45, 2.75) is 45.7 Å². The zero-order valence-electron chi connectivity index (χ0n) is 18.4. The maximum absolute atomic E-state index is 13.1. The molecule has 6 nitrogen and oxygen atoms in total. The Balaban J connectivity index is 1.69. The molecule has 0 aliphatic carbocycles. The summed E-state index contributed by atoms with van der Waals surface area (Å²) in [4.78, 5) is 31.8. The number of unbranched alkanes of at least 4 members (excludes halogenated alkanes) is 1. The highest BCUT2D eigenvalue weighted by Gasteiger charge is 2.41. The molecule has 0 unspecified atom stereocenters. The second kappa shape index (κ2) is 9.52. The van der Waals surface area contributed by atoms with E-state index in [0.717, 1.165) is 24.8 Å². The number of rotatable bonds is 8. The normalized spacial score (nSPS) is 15.1. The van der Waals surface area contributed by atoms with E-state index >= 15 is 0 Å². The molecule has 2 amide bonds. The Morgan fingerprint density at radius 3 is 2.52 bits per heavy atom. The average Bonchev–Trinajstić information content (AvgIpc) is 2.96. The number of aliphatic imine (C=N–C) groups is 1. The van der Waals surface area contributed by atoms with Crippen LogP contribution in [0.1, 0.15) is 44.7 Å². The quantitative estimate of drug-likeness (QED) is 0.645. The summed E-state index contributed by atoms with van der Waals surface area (Å²) in [6, 6.07) is 12.9. The van der Waals surface area contributed by atoms with E-state index in [9.17, 15) is 9.59 Å². The van der Waals surface area contributed by atoms with Crippen LogP contribution in [0.2, 0.25) is 5.02 Å². The highest BCUT2D eigenvalue weighted by molar-refractivity contribution is 6.47. The molecule has 0 spiro atoms. The van der Waals surface area contributed by atoms with E-state index in [2.05, 4.69) is 17.2 Å². The summed E-state index contributed by atoms with van der Waals surface area (Å²) in [5.41, 5.74) is 2.10. The van der Waals surface area contributed by atoms with Gasteiger partial charge >= 0.3 is 0 Å². The lowest BCUT2D eigenvalue weighted by Gasteiger charge is -2.28. The predicted molar refractivity (Wildman–Crippen MR) is 124 cm³/mol. The zero-order valence-corrected chi connectivity index (χ0v) is 19.1. The first-order valence-corrected chi connectivity index (χ1v) is 10.8. The largest absolute Gasteiger partial charge is 0.495 e. The number of carbonyl (C=O) groups is 2. The zero-order chi connectivity index (χ0) is 22.6. The third-order valence-corrected chi connectivity index (χ3v) is 5.57. The Hall–Kier alpha value is -2.86. The Bertz CT molecular complexity index is 1000. The molecule has 0 saturated carbocycles. The first-order chi connectivity index (χ1) is 14.7. The Kier molecular flexibility index (Phi) is 7.01. The standard InChI is InChI=1S/C24H28ClN3O3/c1-5-6-7-16-8-10-17(11-9-16)22-23(30)28(24(2,3)27-22)15-21(29)26-18-12-13-20(31-4)19(25)14-18/h8-14H,5-7,15H2,1-4H3,(H,26,29). The Morgan fingerprint density at radius 2 is 1.90 bits per heavy atom. The van der Waals surface area contributed by atoms with Crippen LogP contribution in [0.15, 0.2) is 47.5 Å². The Morgan fingerprint density at radius 1 is 1.19 bits per heavy atom. The molecule has 0 bridgehead atoms. The molecule has 0 saturated heterocycles. The van der Waals surface area contributed by atoms with Crippen molar-refractivity contribution in [3.63, 3.8) is 0 Å². The van der Waals surface area contributed by atoms with Crippen LogP contribution in [0, 0.1) is 0 Å². The van der Waals surface area contributed by atoms with Gasteiger partial charge in [-0.15, -0.1) is 0 Å². The van der Waals surface area contributed by atoms with Gasteiger partial charge in [-0.2, -0.15) is 0 Å². The van der Waals surface area contributed by atoms with E-state index < -0.39 is 5.66 Å². The van der Waals surface area contributed by atoms with Gasteiger partial charge in [0, 0.05) is 11.3 Å². The molecule has 1 aliphatic rings. The number of ether oxygens (including phenoxy) is 1. The average molecular weight is 442 g/mol. The van der Waals surface area contributed by atoms with Crippen molar-refractivity contribution >= 4 is 34.8 Å². The maximum atomic E-state index is 13.1. The second-order valence-electron chi connectivity index (χ2n) is 8.04. The van der Waals surface area contributed by atoms with Crippen molar-refractivity contribution in [2.24, 2.45) is 4.99 Å². The van der Waals surface area contributed by atoms with Gasteiger partial charge < -0.3 is 15.0 Å². The van der Waals surface area contributed by atoms with Crippen molar-refractivity contribution in [3.05, 3.63) is 58.6 Å². The van der Waals surface area contributed by atoms with Crippen molar-refractivity contribution in [3.8, 4) is 5.75 Å². The molecule has 0 atom stereocenters. The summed E-state index contributed by atoms with van der Waals surface area (Å²) in [7, 11) is 1.52. The number of nitrogens with one attached hydrogen (secondary N) is 1. The van der Waals surface area contributed by atoms with Gasteiger partial charge in [0.15, 0.2) is 0 Å². The fraction of sp³-hybridized carbons (Fsp3) is 0.375. The van der Waals surface area contributed by atoms with E-state index in [1.54, 1.807) is 18.2 Å². The molecule has 1 N–H and O–H groups in total.